The molecule has 1 unspecified atom stereocenters. The predicted molar refractivity (Wildman–Crippen MR) is 123 cm³/mol. The second kappa shape index (κ2) is 9.47. The first-order valence-corrected chi connectivity index (χ1v) is 10.8. The van der Waals surface area contributed by atoms with Gasteiger partial charge in [0.15, 0.2) is 5.82 Å². The molecule has 1 aromatic carbocycles. The topological polar surface area (TPSA) is 79.9 Å². The van der Waals surface area contributed by atoms with Gasteiger partial charge in [0.2, 0.25) is 0 Å². The number of carbonyl (C=O) groups excluding carboxylic acids is 1. The fraction of sp³-hybridized carbons (Fsp3) is 0.500. The minimum Gasteiger partial charge on any atom is -0.369 e. The van der Waals surface area contributed by atoms with Crippen molar-refractivity contribution < 1.29 is 9.18 Å². The number of piperazine rings is 1. The van der Waals surface area contributed by atoms with Crippen molar-refractivity contribution in [3.05, 3.63) is 35.9 Å². The number of nitrogens with one attached hydrogen (secondary N) is 2. The van der Waals surface area contributed by atoms with E-state index >= 15 is 0 Å². The van der Waals surface area contributed by atoms with Gasteiger partial charge >= 0.3 is 0 Å². The number of benzene rings is 1. The number of hydrogen-bond donors (Lipinski definition) is 2. The highest BCUT2D eigenvalue weighted by Crippen LogP contribution is 2.34. The molecule has 0 spiro atoms. The summed E-state index contributed by atoms with van der Waals surface area (Å²) in [5.74, 6) is -0.121. The number of nitrogens with zero attached hydrogens (tertiary/aromatic N) is 5. The lowest BCUT2D eigenvalue weighted by atomic mass is 10.1. The molecule has 4 rings (SSSR count). The molecule has 0 aliphatic carbocycles. The lowest BCUT2D eigenvalue weighted by molar-refractivity contribution is 0.101. The van der Waals surface area contributed by atoms with Gasteiger partial charge in [-0.2, -0.15) is 0 Å². The van der Waals surface area contributed by atoms with Gasteiger partial charge in [-0.1, -0.05) is 0 Å². The molecule has 2 saturated heterocycles. The SMILES string of the molecule is CN=Cc1cnc(C(=O)Nc2ccc(N3CCN(C)CC3)cc2N2CCCC(F)C2)[nH]1. The summed E-state index contributed by atoms with van der Waals surface area (Å²) >= 11 is 0. The van der Waals surface area contributed by atoms with E-state index in [2.05, 4.69) is 43.2 Å². The van der Waals surface area contributed by atoms with Crippen LogP contribution in [0.2, 0.25) is 0 Å². The first kappa shape index (κ1) is 21.3. The van der Waals surface area contributed by atoms with Crippen LogP contribution in [-0.4, -0.2) is 86.5 Å². The summed E-state index contributed by atoms with van der Waals surface area (Å²) in [6, 6.07) is 6.02. The Kier molecular flexibility index (Phi) is 6.50. The Bertz CT molecular complexity index is 936. The molecule has 1 atom stereocenters. The second-order valence-electron chi connectivity index (χ2n) is 8.21. The minimum absolute atomic E-state index is 0.214. The largest absolute Gasteiger partial charge is 0.369 e. The average molecular weight is 428 g/mol. The standard InChI is InChI=1S/C22H30FN7O/c1-24-13-17-14-25-21(26-17)22(31)27-19-6-5-18(29-10-8-28(2)9-11-29)12-20(19)30-7-3-4-16(23)15-30/h5-6,12-14,16H,3-4,7-11,15H2,1-2H3,(H,25,26)(H,27,31). The van der Waals surface area contributed by atoms with E-state index < -0.39 is 6.17 Å². The average Bonchev–Trinajstić information content (AvgIpc) is 3.24. The molecule has 3 heterocycles. The molecule has 0 radical (unpaired) electrons. The van der Waals surface area contributed by atoms with Crippen LogP contribution in [0, 0.1) is 0 Å². The second-order valence-corrected chi connectivity index (χ2v) is 8.21. The number of carbonyl (C=O) groups is 1. The van der Waals surface area contributed by atoms with Crippen LogP contribution < -0.4 is 15.1 Å². The van der Waals surface area contributed by atoms with Crippen molar-refractivity contribution in [2.45, 2.75) is 19.0 Å². The smallest absolute Gasteiger partial charge is 0.291 e. The van der Waals surface area contributed by atoms with E-state index in [1.165, 1.54) is 0 Å². The Morgan fingerprint density at radius 3 is 2.81 bits per heavy atom. The van der Waals surface area contributed by atoms with Gasteiger partial charge in [-0.3, -0.25) is 9.79 Å². The van der Waals surface area contributed by atoms with Gasteiger partial charge in [-0.05, 0) is 38.1 Å². The molecule has 2 N–H and O–H groups in total. The van der Waals surface area contributed by atoms with Gasteiger partial charge < -0.3 is 25.0 Å². The highest BCUT2D eigenvalue weighted by molar-refractivity contribution is 6.04. The molecule has 2 aliphatic rings. The summed E-state index contributed by atoms with van der Waals surface area (Å²) in [7, 11) is 3.79. The van der Waals surface area contributed by atoms with Crippen LogP contribution in [-0.2, 0) is 0 Å². The third kappa shape index (κ3) is 5.04. The van der Waals surface area contributed by atoms with Crippen molar-refractivity contribution in [1.82, 2.24) is 14.9 Å². The van der Waals surface area contributed by atoms with Crippen LogP contribution in [0.3, 0.4) is 0 Å². The highest BCUT2D eigenvalue weighted by Gasteiger charge is 2.24. The van der Waals surface area contributed by atoms with Crippen molar-refractivity contribution >= 4 is 29.2 Å². The summed E-state index contributed by atoms with van der Waals surface area (Å²) in [6.07, 6.45) is 3.70. The number of anilines is 3. The number of aromatic nitrogens is 2. The number of aliphatic imine (C=N–C) groups is 1. The van der Waals surface area contributed by atoms with Crippen LogP contribution >= 0.6 is 0 Å². The van der Waals surface area contributed by atoms with Crippen molar-refractivity contribution in [3.8, 4) is 0 Å². The van der Waals surface area contributed by atoms with Gasteiger partial charge in [0, 0.05) is 58.2 Å². The molecule has 2 fully saturated rings. The molecule has 0 saturated carbocycles. The third-order valence-corrected chi connectivity index (χ3v) is 5.88. The number of hydrogen-bond acceptors (Lipinski definition) is 6. The third-order valence-electron chi connectivity index (χ3n) is 5.88. The van der Waals surface area contributed by atoms with Crippen molar-refractivity contribution in [2.24, 2.45) is 4.99 Å². The number of alkyl halides is 1. The monoisotopic (exact) mass is 427 g/mol. The highest BCUT2D eigenvalue weighted by atomic mass is 19.1. The number of piperidine rings is 1. The Morgan fingerprint density at radius 2 is 2.06 bits per heavy atom. The van der Waals surface area contributed by atoms with E-state index in [1.807, 2.05) is 17.0 Å². The quantitative estimate of drug-likeness (QED) is 0.717. The van der Waals surface area contributed by atoms with Crippen LogP contribution in [0.15, 0.2) is 29.4 Å². The van der Waals surface area contributed by atoms with E-state index in [9.17, 15) is 9.18 Å². The summed E-state index contributed by atoms with van der Waals surface area (Å²) < 4.78 is 14.2. The van der Waals surface area contributed by atoms with Gasteiger partial charge in [-0.25, -0.2) is 9.37 Å². The minimum atomic E-state index is -0.856. The summed E-state index contributed by atoms with van der Waals surface area (Å²) in [6.45, 7) is 5.02. The molecule has 2 aliphatic heterocycles. The van der Waals surface area contributed by atoms with E-state index in [1.54, 1.807) is 19.5 Å². The molecule has 31 heavy (non-hydrogen) atoms. The zero-order valence-electron chi connectivity index (χ0n) is 18.1. The Labute approximate surface area is 182 Å². The first-order chi connectivity index (χ1) is 15.0. The van der Waals surface area contributed by atoms with E-state index in [4.69, 9.17) is 0 Å². The number of rotatable bonds is 5. The maximum atomic E-state index is 14.2. The number of halogens is 1. The van der Waals surface area contributed by atoms with Crippen LogP contribution in [0.1, 0.15) is 29.2 Å². The van der Waals surface area contributed by atoms with E-state index in [-0.39, 0.29) is 11.7 Å². The lowest BCUT2D eigenvalue weighted by Gasteiger charge is -2.36. The Morgan fingerprint density at radius 1 is 1.26 bits per heavy atom. The predicted octanol–water partition coefficient (Wildman–Crippen LogP) is 2.40. The molecule has 166 valence electrons. The zero-order chi connectivity index (χ0) is 21.8. The van der Waals surface area contributed by atoms with Gasteiger partial charge in [0.25, 0.3) is 5.91 Å². The van der Waals surface area contributed by atoms with E-state index in [0.29, 0.717) is 24.3 Å². The number of likely N-dealkylation sites (N-methyl/N-ethyl adjacent to an activating group) is 1. The summed E-state index contributed by atoms with van der Waals surface area (Å²) in [4.78, 5) is 30.5. The van der Waals surface area contributed by atoms with Gasteiger partial charge in [0.1, 0.15) is 6.17 Å². The Balaban J connectivity index is 1.59. The molecule has 8 nitrogen and oxygen atoms in total. The molecule has 9 heteroatoms. The Hall–Kier alpha value is -2.94. The molecule has 2 aromatic rings. The van der Waals surface area contributed by atoms with Crippen molar-refractivity contribution in [2.75, 3.05) is 68.5 Å². The number of imidazole rings is 1. The lowest BCUT2D eigenvalue weighted by Crippen LogP contribution is -2.44. The molecule has 1 aromatic heterocycles. The maximum absolute atomic E-state index is 14.2. The van der Waals surface area contributed by atoms with Gasteiger partial charge in [0.05, 0.1) is 23.3 Å². The van der Waals surface area contributed by atoms with Crippen molar-refractivity contribution in [1.29, 1.82) is 0 Å². The van der Waals surface area contributed by atoms with Crippen LogP contribution in [0.25, 0.3) is 0 Å². The molecule has 1 amide bonds. The fourth-order valence-electron chi connectivity index (χ4n) is 4.13. The van der Waals surface area contributed by atoms with Crippen molar-refractivity contribution in [3.63, 3.8) is 0 Å². The van der Waals surface area contributed by atoms with E-state index in [0.717, 1.165) is 50.5 Å². The summed E-state index contributed by atoms with van der Waals surface area (Å²) in [5.41, 5.74) is 3.28. The molecular formula is C22H30FN7O. The molecular weight excluding hydrogens is 397 g/mol. The van der Waals surface area contributed by atoms with Crippen LogP contribution in [0.4, 0.5) is 21.5 Å². The number of aromatic amines is 1. The number of amides is 1. The number of H-pyrrole nitrogens is 1. The molecule has 0 bridgehead atoms. The fourth-order valence-corrected chi connectivity index (χ4v) is 4.13. The normalized spacial score (nSPS) is 20.4. The maximum Gasteiger partial charge on any atom is 0.291 e. The zero-order valence-corrected chi connectivity index (χ0v) is 18.1. The van der Waals surface area contributed by atoms with Crippen LogP contribution in [0.5, 0.6) is 0 Å². The van der Waals surface area contributed by atoms with Gasteiger partial charge in [-0.15, -0.1) is 0 Å². The first-order valence-electron chi connectivity index (χ1n) is 10.8. The summed E-state index contributed by atoms with van der Waals surface area (Å²) in [5, 5.41) is 2.96.